The number of benzene rings is 2. The standard InChI is InChI=1S/C24H26F3N5O2/c1-14-4-6-16(7-5-14)19-15(2)21(30-23(33)20(19)22(31-28)32-29)17-8-10-18(11-9-17)34-13-3-12-24(25,26)27/h4-11H,3,12-13,28-29H2,1-2H3,(H,30,33)(H,31,32). The van der Waals surface area contributed by atoms with Crippen molar-refractivity contribution < 1.29 is 17.9 Å². The molecule has 6 N–H and O–H groups in total. The lowest BCUT2D eigenvalue weighted by molar-refractivity contribution is -0.136. The van der Waals surface area contributed by atoms with E-state index in [0.29, 0.717) is 22.6 Å². The number of alkyl halides is 3. The number of nitrogens with zero attached hydrogens (tertiary/aromatic N) is 1. The molecule has 34 heavy (non-hydrogen) atoms. The third-order valence-corrected chi connectivity index (χ3v) is 5.32. The number of aromatic nitrogens is 1. The summed E-state index contributed by atoms with van der Waals surface area (Å²) in [5.74, 6) is 11.5. The van der Waals surface area contributed by atoms with E-state index in [4.69, 9.17) is 16.4 Å². The Bertz CT molecular complexity index is 1220. The van der Waals surface area contributed by atoms with Crippen molar-refractivity contribution in [3.8, 4) is 28.1 Å². The Morgan fingerprint density at radius 2 is 1.68 bits per heavy atom. The van der Waals surface area contributed by atoms with Crippen LogP contribution in [-0.2, 0) is 0 Å². The first-order valence-corrected chi connectivity index (χ1v) is 10.5. The zero-order valence-electron chi connectivity index (χ0n) is 18.8. The van der Waals surface area contributed by atoms with E-state index in [1.165, 1.54) is 0 Å². The van der Waals surface area contributed by atoms with E-state index in [1.807, 2.05) is 38.1 Å². The maximum absolute atomic E-state index is 13.1. The van der Waals surface area contributed by atoms with Crippen molar-refractivity contribution in [2.75, 3.05) is 6.61 Å². The van der Waals surface area contributed by atoms with E-state index >= 15 is 0 Å². The highest BCUT2D eigenvalue weighted by Crippen LogP contribution is 2.32. The average molecular weight is 473 g/mol. The summed E-state index contributed by atoms with van der Waals surface area (Å²) in [6.45, 7) is 3.77. The van der Waals surface area contributed by atoms with Crippen LogP contribution in [0.4, 0.5) is 13.2 Å². The van der Waals surface area contributed by atoms with Crippen LogP contribution >= 0.6 is 0 Å². The van der Waals surface area contributed by atoms with Crippen LogP contribution in [0.3, 0.4) is 0 Å². The van der Waals surface area contributed by atoms with Crippen molar-refractivity contribution in [1.82, 2.24) is 10.4 Å². The van der Waals surface area contributed by atoms with Gasteiger partial charge in [0.2, 0.25) is 0 Å². The molecule has 1 aromatic heterocycles. The normalized spacial score (nSPS) is 12.0. The van der Waals surface area contributed by atoms with Gasteiger partial charge in [-0.05, 0) is 61.2 Å². The van der Waals surface area contributed by atoms with Gasteiger partial charge in [0.25, 0.3) is 5.56 Å². The number of hydrogen-bond donors (Lipinski definition) is 4. The fraction of sp³-hybridized carbons (Fsp3) is 0.250. The Balaban J connectivity index is 2.00. The lowest BCUT2D eigenvalue weighted by Gasteiger charge is -2.17. The predicted octanol–water partition coefficient (Wildman–Crippen LogP) is 4.13. The van der Waals surface area contributed by atoms with Crippen molar-refractivity contribution in [2.45, 2.75) is 32.9 Å². The van der Waals surface area contributed by atoms with Crippen molar-refractivity contribution in [3.05, 3.63) is 75.6 Å². The molecule has 10 heteroatoms. The van der Waals surface area contributed by atoms with Gasteiger partial charge in [0.15, 0.2) is 5.84 Å². The van der Waals surface area contributed by atoms with Crippen LogP contribution in [-0.4, -0.2) is 23.6 Å². The number of nitrogens with one attached hydrogen (secondary N) is 2. The number of pyridine rings is 1. The Labute approximate surface area is 194 Å². The number of nitrogens with two attached hydrogens (primary N) is 2. The first-order chi connectivity index (χ1) is 16.1. The number of aryl methyl sites for hydroxylation is 1. The average Bonchev–Trinajstić information content (AvgIpc) is 2.80. The summed E-state index contributed by atoms with van der Waals surface area (Å²) in [4.78, 5) is 16.0. The summed E-state index contributed by atoms with van der Waals surface area (Å²) in [6, 6.07) is 14.4. The molecule has 0 aliphatic carbocycles. The van der Waals surface area contributed by atoms with Crippen LogP contribution in [0.25, 0.3) is 22.4 Å². The first kappa shape index (κ1) is 24.8. The number of rotatable bonds is 7. The molecule has 0 aliphatic heterocycles. The molecule has 180 valence electrons. The summed E-state index contributed by atoms with van der Waals surface area (Å²) in [7, 11) is 0. The molecular weight excluding hydrogens is 447 g/mol. The molecule has 0 aliphatic rings. The second-order valence-corrected chi connectivity index (χ2v) is 7.78. The topological polar surface area (TPSA) is 119 Å². The van der Waals surface area contributed by atoms with Gasteiger partial charge in [-0.15, -0.1) is 0 Å². The van der Waals surface area contributed by atoms with E-state index in [-0.39, 0.29) is 24.4 Å². The second kappa shape index (κ2) is 10.4. The molecule has 1 heterocycles. The number of amidine groups is 1. The molecule has 2 aromatic carbocycles. The van der Waals surface area contributed by atoms with Gasteiger partial charge in [0.1, 0.15) is 5.75 Å². The Morgan fingerprint density at radius 3 is 2.24 bits per heavy atom. The number of hydrazine groups is 1. The molecule has 0 unspecified atom stereocenters. The Morgan fingerprint density at radius 1 is 1.06 bits per heavy atom. The maximum atomic E-state index is 13.1. The molecule has 3 rings (SSSR count). The van der Waals surface area contributed by atoms with Gasteiger partial charge >= 0.3 is 6.18 Å². The minimum Gasteiger partial charge on any atom is -0.494 e. The van der Waals surface area contributed by atoms with Crippen molar-refractivity contribution in [2.24, 2.45) is 16.8 Å². The van der Waals surface area contributed by atoms with Crippen LogP contribution in [0.5, 0.6) is 5.75 Å². The highest BCUT2D eigenvalue weighted by atomic mass is 19.4. The first-order valence-electron chi connectivity index (χ1n) is 10.5. The van der Waals surface area contributed by atoms with E-state index in [0.717, 1.165) is 16.7 Å². The molecule has 0 bridgehead atoms. The number of hydrogen-bond acceptors (Lipinski definition) is 5. The highest BCUT2D eigenvalue weighted by molar-refractivity contribution is 6.05. The summed E-state index contributed by atoms with van der Waals surface area (Å²) in [5.41, 5.74) is 6.63. The van der Waals surface area contributed by atoms with Crippen LogP contribution in [0, 0.1) is 13.8 Å². The van der Waals surface area contributed by atoms with Crippen LogP contribution in [0.15, 0.2) is 58.4 Å². The largest absolute Gasteiger partial charge is 0.494 e. The molecule has 0 amide bonds. The number of hydrazone groups is 1. The van der Waals surface area contributed by atoms with Crippen LogP contribution in [0.2, 0.25) is 0 Å². The third kappa shape index (κ3) is 5.76. The zero-order chi connectivity index (χ0) is 24.9. The fourth-order valence-corrected chi connectivity index (χ4v) is 3.65. The Kier molecular flexibility index (Phi) is 7.62. The molecule has 3 aromatic rings. The smallest absolute Gasteiger partial charge is 0.389 e. The number of halogens is 3. The van der Waals surface area contributed by atoms with Crippen molar-refractivity contribution >= 4 is 5.84 Å². The molecule has 0 fully saturated rings. The van der Waals surface area contributed by atoms with Gasteiger partial charge in [0.05, 0.1) is 17.9 Å². The minimum atomic E-state index is -4.20. The minimum absolute atomic E-state index is 0.0362. The van der Waals surface area contributed by atoms with E-state index in [1.54, 1.807) is 24.3 Å². The van der Waals surface area contributed by atoms with E-state index in [9.17, 15) is 18.0 Å². The SMILES string of the molecule is Cc1ccc(-c2c(C)c(-c3ccc(OCCCC(F)(F)F)cc3)[nH]c(=O)c2/C(=N/N)NN)cc1. The van der Waals surface area contributed by atoms with Gasteiger partial charge in [0, 0.05) is 12.0 Å². The van der Waals surface area contributed by atoms with E-state index < -0.39 is 18.2 Å². The molecule has 0 atom stereocenters. The van der Waals surface area contributed by atoms with Crippen LogP contribution in [0.1, 0.15) is 29.5 Å². The van der Waals surface area contributed by atoms with Gasteiger partial charge in [-0.25, -0.2) is 5.84 Å². The maximum Gasteiger partial charge on any atom is 0.389 e. The monoisotopic (exact) mass is 473 g/mol. The highest BCUT2D eigenvalue weighted by Gasteiger charge is 2.26. The quantitative estimate of drug-likeness (QED) is 0.135. The molecule has 0 saturated carbocycles. The zero-order valence-corrected chi connectivity index (χ0v) is 18.8. The number of ether oxygens (including phenoxy) is 1. The Hall–Kier alpha value is -3.79. The molecule has 0 spiro atoms. The summed E-state index contributed by atoms with van der Waals surface area (Å²) in [5, 5.41) is 3.62. The molecule has 0 saturated heterocycles. The molecule has 7 nitrogen and oxygen atoms in total. The van der Waals surface area contributed by atoms with Crippen molar-refractivity contribution in [1.29, 1.82) is 0 Å². The van der Waals surface area contributed by atoms with Gasteiger partial charge in [-0.2, -0.15) is 18.3 Å². The van der Waals surface area contributed by atoms with Gasteiger partial charge < -0.3 is 21.0 Å². The lowest BCUT2D eigenvalue weighted by atomic mass is 9.92. The predicted molar refractivity (Wildman–Crippen MR) is 126 cm³/mol. The third-order valence-electron chi connectivity index (χ3n) is 5.32. The van der Waals surface area contributed by atoms with Gasteiger partial charge in [-0.1, -0.05) is 29.8 Å². The number of aromatic amines is 1. The fourth-order valence-electron chi connectivity index (χ4n) is 3.65. The van der Waals surface area contributed by atoms with Crippen LogP contribution < -0.4 is 27.4 Å². The summed E-state index contributed by atoms with van der Waals surface area (Å²) < 4.78 is 42.3. The van der Waals surface area contributed by atoms with E-state index in [2.05, 4.69) is 15.5 Å². The molecular formula is C24H26F3N5O2. The van der Waals surface area contributed by atoms with Gasteiger partial charge in [-0.3, -0.25) is 4.79 Å². The molecule has 0 radical (unpaired) electrons. The lowest BCUT2D eigenvalue weighted by Crippen LogP contribution is -2.37. The summed E-state index contributed by atoms with van der Waals surface area (Å²) in [6.07, 6.45) is -5.23. The summed E-state index contributed by atoms with van der Waals surface area (Å²) >= 11 is 0. The second-order valence-electron chi connectivity index (χ2n) is 7.78. The number of H-pyrrole nitrogens is 1. The van der Waals surface area contributed by atoms with Crippen molar-refractivity contribution in [3.63, 3.8) is 0 Å².